The second-order valence-corrected chi connectivity index (χ2v) is 2.56. The molecule has 0 amide bonds. The van der Waals surface area contributed by atoms with E-state index in [1.165, 1.54) is 27.4 Å². The Morgan fingerprint density at radius 2 is 2.06 bits per heavy atom. The summed E-state index contributed by atoms with van der Waals surface area (Å²) in [7, 11) is 4.34. The predicted octanol–water partition coefficient (Wildman–Crippen LogP) is -0.409. The van der Waals surface area contributed by atoms with Crippen LogP contribution in [0.4, 0.5) is 5.82 Å². The Kier molecular flexibility index (Phi) is 4.28. The Bertz CT molecular complexity index is 360. The Morgan fingerprint density at radius 1 is 1.31 bits per heavy atom. The van der Waals surface area contributed by atoms with Crippen LogP contribution in [-0.4, -0.2) is 37.3 Å². The van der Waals surface area contributed by atoms with Crippen LogP contribution in [0.15, 0.2) is 11.1 Å². The van der Waals surface area contributed by atoms with Crippen molar-refractivity contribution in [1.82, 2.24) is 15.4 Å². The first kappa shape index (κ1) is 12.0. The van der Waals surface area contributed by atoms with E-state index in [1.54, 1.807) is 0 Å². The lowest BCUT2D eigenvalue weighted by Gasteiger charge is -2.04. The Morgan fingerprint density at radius 3 is 2.62 bits per heavy atom. The van der Waals surface area contributed by atoms with Gasteiger partial charge in [0.1, 0.15) is 0 Å². The zero-order chi connectivity index (χ0) is 12.0. The highest BCUT2D eigenvalue weighted by molar-refractivity contribution is 5.79. The number of hydroxylamine groups is 1. The van der Waals surface area contributed by atoms with E-state index in [2.05, 4.69) is 25.3 Å². The molecule has 88 valence electrons. The van der Waals surface area contributed by atoms with Crippen molar-refractivity contribution < 1.29 is 14.3 Å². The summed E-state index contributed by atoms with van der Waals surface area (Å²) in [5.74, 6) is 0.687. The topological polar surface area (TPSA) is 104 Å². The number of nitrogens with one attached hydrogen (secondary N) is 1. The second-order valence-electron chi connectivity index (χ2n) is 2.56. The van der Waals surface area contributed by atoms with Crippen molar-refractivity contribution in [2.24, 2.45) is 10.7 Å². The molecule has 0 saturated carbocycles. The number of rotatable bonds is 4. The van der Waals surface area contributed by atoms with Crippen molar-refractivity contribution in [2.45, 2.75) is 0 Å². The first-order valence-corrected chi connectivity index (χ1v) is 4.29. The largest absolute Gasteiger partial charge is 0.481 e. The maximum Gasteiger partial charge on any atom is 0.321 e. The average molecular weight is 227 g/mol. The molecule has 0 aliphatic carbocycles. The molecule has 0 spiro atoms. The normalized spacial score (nSPS) is 11.1. The van der Waals surface area contributed by atoms with Crippen LogP contribution in [0.2, 0.25) is 0 Å². The minimum atomic E-state index is 0.0605. The highest BCUT2D eigenvalue weighted by Gasteiger charge is 2.04. The van der Waals surface area contributed by atoms with Gasteiger partial charge in [0.2, 0.25) is 11.8 Å². The van der Waals surface area contributed by atoms with Gasteiger partial charge in [-0.1, -0.05) is 0 Å². The van der Waals surface area contributed by atoms with Gasteiger partial charge in [-0.15, -0.1) is 0 Å². The molecule has 0 atom stereocenters. The Labute approximate surface area is 92.4 Å². The summed E-state index contributed by atoms with van der Waals surface area (Å²) in [6.45, 7) is 0. The van der Waals surface area contributed by atoms with Gasteiger partial charge in [-0.3, -0.25) is 4.84 Å². The standard InChI is InChI=1S/C8H13N5O3/c1-14-6-4-5(10-7(9)13-16-3)11-8(12-6)15-2/h4H,1-3H3,(H3,9,10,11,12,13). The fourth-order valence-corrected chi connectivity index (χ4v) is 0.896. The molecule has 16 heavy (non-hydrogen) atoms. The van der Waals surface area contributed by atoms with Crippen LogP contribution in [0.3, 0.4) is 0 Å². The first-order chi connectivity index (χ1) is 7.69. The maximum absolute atomic E-state index is 5.47. The summed E-state index contributed by atoms with van der Waals surface area (Å²) in [5.41, 5.74) is 7.83. The molecule has 0 aliphatic rings. The van der Waals surface area contributed by atoms with E-state index in [4.69, 9.17) is 15.2 Å². The van der Waals surface area contributed by atoms with Gasteiger partial charge in [-0.25, -0.2) is 5.48 Å². The number of aromatic nitrogens is 2. The summed E-state index contributed by atoms with van der Waals surface area (Å²) in [5, 5.41) is 0. The monoisotopic (exact) mass is 227 g/mol. The molecule has 8 nitrogen and oxygen atoms in total. The minimum Gasteiger partial charge on any atom is -0.481 e. The van der Waals surface area contributed by atoms with Crippen LogP contribution in [0.1, 0.15) is 0 Å². The summed E-state index contributed by atoms with van der Waals surface area (Å²) in [6.07, 6.45) is 0. The number of hydrogen-bond donors (Lipinski definition) is 2. The molecule has 3 N–H and O–H groups in total. The number of hydrogen-bond acceptors (Lipinski definition) is 6. The molecular weight excluding hydrogens is 214 g/mol. The van der Waals surface area contributed by atoms with Gasteiger partial charge in [0, 0.05) is 6.07 Å². The first-order valence-electron chi connectivity index (χ1n) is 4.29. The van der Waals surface area contributed by atoms with E-state index < -0.39 is 0 Å². The zero-order valence-corrected chi connectivity index (χ0v) is 9.22. The third-order valence-electron chi connectivity index (χ3n) is 1.50. The molecule has 0 unspecified atom stereocenters. The smallest absolute Gasteiger partial charge is 0.321 e. The van der Waals surface area contributed by atoms with Crippen LogP contribution < -0.4 is 20.7 Å². The van der Waals surface area contributed by atoms with E-state index in [-0.39, 0.29) is 12.0 Å². The number of nitrogens with two attached hydrogens (primary N) is 1. The molecular formula is C8H13N5O3. The Hall–Kier alpha value is -2.09. The highest BCUT2D eigenvalue weighted by Crippen LogP contribution is 2.18. The molecule has 0 bridgehead atoms. The quantitative estimate of drug-likeness (QED) is 0.409. The summed E-state index contributed by atoms with van der Waals surface area (Å²) in [4.78, 5) is 16.3. The maximum atomic E-state index is 5.47. The number of aliphatic imine (C=N–C) groups is 1. The van der Waals surface area contributed by atoms with Gasteiger partial charge in [-0.2, -0.15) is 15.0 Å². The average Bonchev–Trinajstić information content (AvgIpc) is 2.28. The van der Waals surface area contributed by atoms with E-state index in [1.807, 2.05) is 0 Å². The van der Waals surface area contributed by atoms with Gasteiger partial charge in [0.05, 0.1) is 21.3 Å². The van der Waals surface area contributed by atoms with Gasteiger partial charge >= 0.3 is 6.01 Å². The molecule has 0 radical (unpaired) electrons. The summed E-state index contributed by atoms with van der Waals surface area (Å²) >= 11 is 0. The molecule has 0 saturated heterocycles. The van der Waals surface area contributed by atoms with E-state index >= 15 is 0 Å². The molecule has 0 aromatic carbocycles. The van der Waals surface area contributed by atoms with Crippen LogP contribution >= 0.6 is 0 Å². The van der Waals surface area contributed by atoms with Crippen molar-refractivity contribution in [3.05, 3.63) is 6.07 Å². The number of methoxy groups -OCH3 is 2. The minimum absolute atomic E-state index is 0.0605. The van der Waals surface area contributed by atoms with Crippen LogP contribution in [0, 0.1) is 0 Å². The van der Waals surface area contributed by atoms with Crippen molar-refractivity contribution in [2.75, 3.05) is 21.3 Å². The number of ether oxygens (including phenoxy) is 2. The van der Waals surface area contributed by atoms with Gasteiger partial charge in [0.25, 0.3) is 0 Å². The van der Waals surface area contributed by atoms with E-state index in [0.717, 1.165) is 0 Å². The van der Waals surface area contributed by atoms with Crippen LogP contribution in [-0.2, 0) is 4.84 Å². The van der Waals surface area contributed by atoms with E-state index in [9.17, 15) is 0 Å². The number of guanidine groups is 1. The molecule has 1 rings (SSSR count). The fourth-order valence-electron chi connectivity index (χ4n) is 0.896. The van der Waals surface area contributed by atoms with Gasteiger partial charge in [-0.05, 0) is 0 Å². The Balaban J connectivity index is 2.99. The van der Waals surface area contributed by atoms with Crippen molar-refractivity contribution in [3.8, 4) is 11.9 Å². The van der Waals surface area contributed by atoms with Crippen LogP contribution in [0.5, 0.6) is 11.9 Å². The number of nitrogens with zero attached hydrogens (tertiary/aromatic N) is 3. The third-order valence-corrected chi connectivity index (χ3v) is 1.50. The lowest BCUT2D eigenvalue weighted by Crippen LogP contribution is -2.30. The molecule has 1 heterocycles. The zero-order valence-electron chi connectivity index (χ0n) is 9.22. The predicted molar refractivity (Wildman–Crippen MR) is 56.6 cm³/mol. The SMILES string of the molecule is CON/C(N)=N\c1cc(OC)nc(OC)n1. The second kappa shape index (κ2) is 5.71. The third kappa shape index (κ3) is 3.24. The van der Waals surface area contributed by atoms with E-state index in [0.29, 0.717) is 11.7 Å². The lowest BCUT2D eigenvalue weighted by atomic mass is 10.5. The molecule has 0 aliphatic heterocycles. The van der Waals surface area contributed by atoms with Crippen molar-refractivity contribution in [1.29, 1.82) is 0 Å². The summed E-state index contributed by atoms with van der Waals surface area (Å²) < 4.78 is 9.82. The lowest BCUT2D eigenvalue weighted by molar-refractivity contribution is 0.143. The molecule has 1 aromatic heterocycles. The van der Waals surface area contributed by atoms with Crippen LogP contribution in [0.25, 0.3) is 0 Å². The van der Waals surface area contributed by atoms with Gasteiger partial charge < -0.3 is 15.2 Å². The van der Waals surface area contributed by atoms with Crippen molar-refractivity contribution in [3.63, 3.8) is 0 Å². The fraction of sp³-hybridized carbons (Fsp3) is 0.375. The molecule has 0 fully saturated rings. The molecule has 8 heteroatoms. The molecule has 1 aromatic rings. The summed E-state index contributed by atoms with van der Waals surface area (Å²) in [6, 6.07) is 1.65. The van der Waals surface area contributed by atoms with Crippen molar-refractivity contribution >= 4 is 11.8 Å². The highest BCUT2D eigenvalue weighted by atomic mass is 16.6. The van der Waals surface area contributed by atoms with Gasteiger partial charge in [0.15, 0.2) is 5.82 Å².